The third-order valence-corrected chi connectivity index (χ3v) is 12.4. The van der Waals surface area contributed by atoms with Crippen molar-refractivity contribution in [3.05, 3.63) is 36.5 Å². The molecule has 0 aliphatic rings. The normalized spacial score (nSPS) is 12.2. The zero-order valence-corrected chi connectivity index (χ0v) is 42.8. The molecule has 0 radical (unpaired) electrons. The molecule has 0 aliphatic heterocycles. The zero-order chi connectivity index (χ0) is 46.5. The number of ether oxygens (including phenoxy) is 3. The molecule has 0 aromatic rings. The molecule has 0 amide bonds. The molecule has 0 fully saturated rings. The van der Waals surface area contributed by atoms with E-state index in [9.17, 15) is 14.4 Å². The molecule has 0 N–H and O–H groups in total. The van der Waals surface area contributed by atoms with Gasteiger partial charge in [0.15, 0.2) is 6.10 Å². The van der Waals surface area contributed by atoms with Crippen LogP contribution in [0, 0.1) is 0 Å². The summed E-state index contributed by atoms with van der Waals surface area (Å²) in [5.41, 5.74) is 0. The molecule has 64 heavy (non-hydrogen) atoms. The largest absolute Gasteiger partial charge is 0.462 e. The first kappa shape index (κ1) is 61.6. The van der Waals surface area contributed by atoms with Crippen LogP contribution >= 0.6 is 0 Å². The third kappa shape index (κ3) is 50.6. The molecule has 0 unspecified atom stereocenters. The van der Waals surface area contributed by atoms with Crippen molar-refractivity contribution in [2.24, 2.45) is 0 Å². The number of rotatable bonds is 51. The maximum absolute atomic E-state index is 12.8. The van der Waals surface area contributed by atoms with Gasteiger partial charge in [0.25, 0.3) is 0 Å². The fourth-order valence-corrected chi connectivity index (χ4v) is 8.12. The van der Waals surface area contributed by atoms with Crippen LogP contribution in [0.2, 0.25) is 0 Å². The van der Waals surface area contributed by atoms with E-state index >= 15 is 0 Å². The number of unbranched alkanes of at least 4 members (excludes halogenated alkanes) is 34. The van der Waals surface area contributed by atoms with Gasteiger partial charge in [0.05, 0.1) is 0 Å². The molecule has 0 aromatic carbocycles. The second-order valence-corrected chi connectivity index (χ2v) is 18.8. The quantitative estimate of drug-likeness (QED) is 0.0262. The van der Waals surface area contributed by atoms with E-state index in [1.54, 1.807) is 0 Å². The van der Waals surface area contributed by atoms with Crippen molar-refractivity contribution in [2.75, 3.05) is 13.2 Å². The van der Waals surface area contributed by atoms with Gasteiger partial charge in [-0.1, -0.05) is 237 Å². The summed E-state index contributed by atoms with van der Waals surface area (Å²) in [7, 11) is 0. The van der Waals surface area contributed by atoms with Crippen LogP contribution in [0.5, 0.6) is 0 Å². The van der Waals surface area contributed by atoms with Crippen molar-refractivity contribution in [3.8, 4) is 0 Å². The van der Waals surface area contributed by atoms with E-state index in [1.165, 1.54) is 186 Å². The minimum absolute atomic E-state index is 0.0738. The van der Waals surface area contributed by atoms with Crippen molar-refractivity contribution in [1.82, 2.24) is 0 Å². The summed E-state index contributed by atoms with van der Waals surface area (Å²) in [6.07, 6.45) is 62.7. The van der Waals surface area contributed by atoms with Crippen LogP contribution < -0.4 is 0 Å². The van der Waals surface area contributed by atoms with Crippen LogP contribution in [-0.4, -0.2) is 37.2 Å². The number of hydrogen-bond acceptors (Lipinski definition) is 6. The molecule has 0 aliphatic carbocycles. The average Bonchev–Trinajstić information content (AvgIpc) is 3.29. The van der Waals surface area contributed by atoms with Crippen molar-refractivity contribution in [1.29, 1.82) is 0 Å². The molecule has 0 saturated heterocycles. The maximum Gasteiger partial charge on any atom is 0.306 e. The Morgan fingerprint density at radius 1 is 0.312 bits per heavy atom. The fraction of sp³-hybridized carbons (Fsp3) is 0.845. The Hall–Kier alpha value is -2.37. The van der Waals surface area contributed by atoms with Gasteiger partial charge in [0, 0.05) is 19.3 Å². The fourth-order valence-electron chi connectivity index (χ4n) is 8.12. The first-order chi connectivity index (χ1) is 31.5. The number of hydrogen-bond donors (Lipinski definition) is 0. The Balaban J connectivity index is 4.30. The van der Waals surface area contributed by atoms with Crippen molar-refractivity contribution in [2.45, 2.75) is 303 Å². The van der Waals surface area contributed by atoms with Crippen LogP contribution in [-0.2, 0) is 28.6 Å². The minimum atomic E-state index is -0.774. The predicted octanol–water partition coefficient (Wildman–Crippen LogP) is 18.5. The van der Waals surface area contributed by atoms with E-state index in [1.807, 2.05) is 0 Å². The Bertz CT molecular complexity index is 1080. The lowest BCUT2D eigenvalue weighted by Crippen LogP contribution is -2.30. The van der Waals surface area contributed by atoms with Gasteiger partial charge in [-0.3, -0.25) is 14.4 Å². The maximum atomic E-state index is 12.8. The van der Waals surface area contributed by atoms with Crippen LogP contribution in [0.15, 0.2) is 36.5 Å². The van der Waals surface area contributed by atoms with Crippen LogP contribution in [0.25, 0.3) is 0 Å². The molecule has 6 nitrogen and oxygen atoms in total. The van der Waals surface area contributed by atoms with Crippen molar-refractivity contribution in [3.63, 3.8) is 0 Å². The zero-order valence-electron chi connectivity index (χ0n) is 42.8. The molecule has 1 atom stereocenters. The van der Waals surface area contributed by atoms with Gasteiger partial charge >= 0.3 is 17.9 Å². The standard InChI is InChI=1S/C58H106O6/c1-4-7-10-13-16-19-22-24-26-28-29-31-32-34-36-39-42-45-48-51-57(60)63-54-55(53-62-56(59)50-47-44-41-38-21-18-15-12-9-6-3)64-58(61)52-49-46-43-40-37-35-33-30-27-25-23-20-17-14-11-8-5-2/h17,20,25,27-29,55H,4-16,18-19,21-24,26,30-54H2,1-3H3/b20-17-,27-25-,29-28-/t55-/m1/s1. The molecule has 6 heteroatoms. The monoisotopic (exact) mass is 899 g/mol. The van der Waals surface area contributed by atoms with Crippen molar-refractivity contribution < 1.29 is 28.6 Å². The van der Waals surface area contributed by atoms with Crippen LogP contribution in [0.1, 0.15) is 297 Å². The average molecular weight is 899 g/mol. The summed E-state index contributed by atoms with van der Waals surface area (Å²) in [5.74, 6) is -0.874. The van der Waals surface area contributed by atoms with Gasteiger partial charge in [-0.2, -0.15) is 0 Å². The Kier molecular flexibility index (Phi) is 51.3. The van der Waals surface area contributed by atoms with E-state index in [0.717, 1.165) is 70.6 Å². The molecule has 374 valence electrons. The van der Waals surface area contributed by atoms with Gasteiger partial charge in [0.1, 0.15) is 13.2 Å². The topological polar surface area (TPSA) is 78.9 Å². The molecule has 0 rings (SSSR count). The number of allylic oxidation sites excluding steroid dienone is 6. The molecule has 0 heterocycles. The lowest BCUT2D eigenvalue weighted by molar-refractivity contribution is -0.167. The van der Waals surface area contributed by atoms with E-state index in [-0.39, 0.29) is 31.1 Å². The summed E-state index contributed by atoms with van der Waals surface area (Å²) >= 11 is 0. The number of esters is 3. The lowest BCUT2D eigenvalue weighted by atomic mass is 10.1. The first-order valence-electron chi connectivity index (χ1n) is 28.0. The van der Waals surface area contributed by atoms with Gasteiger partial charge < -0.3 is 14.2 Å². The highest BCUT2D eigenvalue weighted by atomic mass is 16.6. The highest BCUT2D eigenvalue weighted by Crippen LogP contribution is 2.16. The molecule has 0 aromatic heterocycles. The van der Waals surface area contributed by atoms with Gasteiger partial charge in [-0.15, -0.1) is 0 Å². The van der Waals surface area contributed by atoms with Crippen molar-refractivity contribution >= 4 is 17.9 Å². The second-order valence-electron chi connectivity index (χ2n) is 18.8. The third-order valence-electron chi connectivity index (χ3n) is 12.4. The van der Waals surface area contributed by atoms with E-state index in [2.05, 4.69) is 57.2 Å². The minimum Gasteiger partial charge on any atom is -0.462 e. The van der Waals surface area contributed by atoms with Crippen LogP contribution in [0.3, 0.4) is 0 Å². The van der Waals surface area contributed by atoms with E-state index in [0.29, 0.717) is 19.3 Å². The Morgan fingerprint density at radius 2 is 0.562 bits per heavy atom. The lowest BCUT2D eigenvalue weighted by Gasteiger charge is -2.18. The summed E-state index contributed by atoms with van der Waals surface area (Å²) in [6, 6.07) is 0. The van der Waals surface area contributed by atoms with E-state index in [4.69, 9.17) is 14.2 Å². The molecular weight excluding hydrogens is 793 g/mol. The van der Waals surface area contributed by atoms with E-state index < -0.39 is 6.10 Å². The summed E-state index contributed by atoms with van der Waals surface area (Å²) in [4.78, 5) is 38.0. The molecule has 0 spiro atoms. The summed E-state index contributed by atoms with van der Waals surface area (Å²) in [5, 5.41) is 0. The van der Waals surface area contributed by atoms with Gasteiger partial charge in [-0.05, 0) is 77.0 Å². The Labute approximate surface area is 397 Å². The number of carbonyl (C=O) groups excluding carboxylic acids is 3. The summed E-state index contributed by atoms with van der Waals surface area (Å²) < 4.78 is 16.8. The smallest absolute Gasteiger partial charge is 0.306 e. The number of carbonyl (C=O) groups is 3. The van der Waals surface area contributed by atoms with Gasteiger partial charge in [0.2, 0.25) is 0 Å². The Morgan fingerprint density at radius 3 is 0.906 bits per heavy atom. The highest BCUT2D eigenvalue weighted by molar-refractivity contribution is 5.71. The van der Waals surface area contributed by atoms with Gasteiger partial charge in [-0.25, -0.2) is 0 Å². The van der Waals surface area contributed by atoms with Crippen LogP contribution in [0.4, 0.5) is 0 Å². The molecule has 0 bridgehead atoms. The predicted molar refractivity (Wildman–Crippen MR) is 275 cm³/mol. The molecular formula is C58H106O6. The highest BCUT2D eigenvalue weighted by Gasteiger charge is 2.19. The first-order valence-corrected chi connectivity index (χ1v) is 28.0. The molecule has 0 saturated carbocycles. The SMILES string of the molecule is CCCCC/C=C\C/C=C\CCCCCCCCCC(=O)O[C@@H](COC(=O)CCCCCCCCC/C=C\CCCCCCCCCC)COC(=O)CCCCCCCCCCCC. The summed E-state index contributed by atoms with van der Waals surface area (Å²) in [6.45, 7) is 6.62. The second kappa shape index (κ2) is 53.2.